The number of ether oxygens (including phenoxy) is 1. The number of anilines is 1. The number of methoxy groups -OCH3 is 1. The molecule has 1 N–H and O–H groups in total. The molecule has 2 aromatic carbocycles. The second-order valence-corrected chi connectivity index (χ2v) is 5.38. The summed E-state index contributed by atoms with van der Waals surface area (Å²) in [6.45, 7) is 5.46. The molecular weight excluding hydrogens is 264 g/mol. The molecule has 0 spiro atoms. The molecule has 3 rings (SSSR count). The lowest BCUT2D eigenvalue weighted by molar-refractivity contribution is 0.101. The number of piperazine rings is 1. The summed E-state index contributed by atoms with van der Waals surface area (Å²) in [5, 5.41) is 5.58. The summed E-state index contributed by atoms with van der Waals surface area (Å²) in [5.41, 5.74) is 1.89. The fraction of sp³-hybridized carbons (Fsp3) is 0.353. The highest BCUT2D eigenvalue weighted by molar-refractivity contribution is 6.04. The Hall–Kier alpha value is -2.07. The van der Waals surface area contributed by atoms with E-state index >= 15 is 0 Å². The number of nitrogens with one attached hydrogen (secondary N) is 1. The molecule has 0 radical (unpaired) electrons. The monoisotopic (exact) mass is 284 g/mol. The van der Waals surface area contributed by atoms with Crippen molar-refractivity contribution >= 4 is 22.2 Å². The number of carbonyl (C=O) groups is 1. The number of nitrogens with zero attached hydrogens (tertiary/aromatic N) is 1. The van der Waals surface area contributed by atoms with E-state index in [4.69, 9.17) is 4.74 Å². The minimum atomic E-state index is 0.101. The summed E-state index contributed by atoms with van der Waals surface area (Å²) >= 11 is 0. The van der Waals surface area contributed by atoms with Crippen LogP contribution in [-0.2, 0) is 0 Å². The second-order valence-electron chi connectivity index (χ2n) is 5.38. The van der Waals surface area contributed by atoms with Crippen molar-refractivity contribution in [1.82, 2.24) is 5.32 Å². The van der Waals surface area contributed by atoms with E-state index in [0.717, 1.165) is 54.0 Å². The van der Waals surface area contributed by atoms with E-state index < -0.39 is 0 Å². The highest BCUT2D eigenvalue weighted by Gasteiger charge is 2.16. The van der Waals surface area contributed by atoms with Gasteiger partial charge in [0.05, 0.1) is 7.11 Å². The topological polar surface area (TPSA) is 41.6 Å². The Morgan fingerprint density at radius 1 is 1.19 bits per heavy atom. The van der Waals surface area contributed by atoms with Crippen LogP contribution in [0.25, 0.3) is 10.8 Å². The van der Waals surface area contributed by atoms with Crippen molar-refractivity contribution in [3.8, 4) is 5.75 Å². The lowest BCUT2D eigenvalue weighted by atomic mass is 10.0. The van der Waals surface area contributed by atoms with Gasteiger partial charge in [-0.15, -0.1) is 0 Å². The first-order valence-corrected chi connectivity index (χ1v) is 7.27. The molecule has 0 aromatic heterocycles. The Kier molecular flexibility index (Phi) is 3.80. The Labute approximate surface area is 124 Å². The van der Waals surface area contributed by atoms with Crippen molar-refractivity contribution < 1.29 is 9.53 Å². The van der Waals surface area contributed by atoms with Crippen molar-refractivity contribution in [2.75, 3.05) is 38.2 Å². The van der Waals surface area contributed by atoms with Crippen molar-refractivity contribution in [1.29, 1.82) is 0 Å². The summed E-state index contributed by atoms with van der Waals surface area (Å²) in [6.07, 6.45) is 0. The smallest absolute Gasteiger partial charge is 0.159 e. The molecule has 21 heavy (non-hydrogen) atoms. The average Bonchev–Trinajstić information content (AvgIpc) is 2.54. The van der Waals surface area contributed by atoms with Gasteiger partial charge >= 0.3 is 0 Å². The largest absolute Gasteiger partial charge is 0.497 e. The minimum absolute atomic E-state index is 0.101. The maximum absolute atomic E-state index is 11.8. The minimum Gasteiger partial charge on any atom is -0.497 e. The van der Waals surface area contributed by atoms with Crippen LogP contribution in [0.3, 0.4) is 0 Å². The lowest BCUT2D eigenvalue weighted by Crippen LogP contribution is -2.43. The van der Waals surface area contributed by atoms with Gasteiger partial charge < -0.3 is 15.0 Å². The highest BCUT2D eigenvalue weighted by Crippen LogP contribution is 2.32. The van der Waals surface area contributed by atoms with Gasteiger partial charge in [0.1, 0.15) is 5.75 Å². The Morgan fingerprint density at radius 3 is 2.62 bits per heavy atom. The number of Topliss-reactive ketones (excluding diaryl/α,β-unsaturated/α-hetero) is 1. The lowest BCUT2D eigenvalue weighted by Gasteiger charge is -2.31. The third-order valence-corrected chi connectivity index (χ3v) is 4.00. The van der Waals surface area contributed by atoms with Crippen LogP contribution in [-0.4, -0.2) is 39.1 Å². The van der Waals surface area contributed by atoms with E-state index in [1.165, 1.54) is 0 Å². The molecule has 0 amide bonds. The molecule has 1 aliphatic rings. The maximum atomic E-state index is 11.8. The van der Waals surface area contributed by atoms with Crippen molar-refractivity contribution in [3.63, 3.8) is 0 Å². The number of rotatable bonds is 3. The zero-order valence-corrected chi connectivity index (χ0v) is 12.5. The number of carbonyl (C=O) groups excluding carboxylic acids is 1. The van der Waals surface area contributed by atoms with E-state index in [1.807, 2.05) is 24.3 Å². The number of benzene rings is 2. The van der Waals surface area contributed by atoms with Gasteiger partial charge in [0, 0.05) is 42.8 Å². The summed E-state index contributed by atoms with van der Waals surface area (Å²) in [7, 11) is 1.68. The van der Waals surface area contributed by atoms with E-state index in [9.17, 15) is 4.79 Å². The van der Waals surface area contributed by atoms with E-state index in [0.29, 0.717) is 0 Å². The summed E-state index contributed by atoms with van der Waals surface area (Å²) < 4.78 is 5.34. The molecule has 1 aliphatic heterocycles. The van der Waals surface area contributed by atoms with Crippen molar-refractivity contribution in [3.05, 3.63) is 35.9 Å². The van der Waals surface area contributed by atoms with Crippen LogP contribution in [0.5, 0.6) is 5.75 Å². The van der Waals surface area contributed by atoms with Crippen molar-refractivity contribution in [2.24, 2.45) is 0 Å². The van der Waals surface area contributed by atoms with Gasteiger partial charge in [-0.1, -0.05) is 6.07 Å². The molecule has 0 bridgehead atoms. The van der Waals surface area contributed by atoms with Gasteiger partial charge in [0.2, 0.25) is 0 Å². The number of hydrogen-bond donors (Lipinski definition) is 1. The molecule has 4 heteroatoms. The van der Waals surface area contributed by atoms with E-state index in [1.54, 1.807) is 14.0 Å². The molecule has 0 unspecified atom stereocenters. The number of fused-ring (bicyclic) bond motifs is 1. The molecule has 1 saturated heterocycles. The molecule has 1 heterocycles. The zero-order chi connectivity index (χ0) is 14.8. The third-order valence-electron chi connectivity index (χ3n) is 4.00. The van der Waals surface area contributed by atoms with Crippen LogP contribution in [0, 0.1) is 0 Å². The van der Waals surface area contributed by atoms with Crippen LogP contribution >= 0.6 is 0 Å². The maximum Gasteiger partial charge on any atom is 0.159 e. The van der Waals surface area contributed by atoms with Crippen LogP contribution in [0.2, 0.25) is 0 Å². The average molecular weight is 284 g/mol. The number of ketones is 1. The molecule has 0 saturated carbocycles. The van der Waals surface area contributed by atoms with Crippen LogP contribution < -0.4 is 15.0 Å². The highest BCUT2D eigenvalue weighted by atomic mass is 16.5. The van der Waals surface area contributed by atoms with Gasteiger partial charge in [-0.05, 0) is 36.6 Å². The fourth-order valence-corrected chi connectivity index (χ4v) is 2.81. The molecular formula is C17H20N2O2. The Morgan fingerprint density at radius 2 is 1.95 bits per heavy atom. The van der Waals surface area contributed by atoms with E-state index in [-0.39, 0.29) is 5.78 Å². The standard InChI is InChI=1S/C17H20N2O2/c1-12(20)14-9-13-3-4-15(21-2)11-16(13)17(10-14)19-7-5-18-6-8-19/h3-4,9-11,18H,5-8H2,1-2H3. The van der Waals surface area contributed by atoms with Gasteiger partial charge in [0.15, 0.2) is 5.78 Å². The molecule has 1 fully saturated rings. The second kappa shape index (κ2) is 5.74. The van der Waals surface area contributed by atoms with Crippen molar-refractivity contribution in [2.45, 2.75) is 6.92 Å². The summed E-state index contributed by atoms with van der Waals surface area (Å²) in [5.74, 6) is 0.943. The van der Waals surface area contributed by atoms with Gasteiger partial charge in [-0.25, -0.2) is 0 Å². The quantitative estimate of drug-likeness (QED) is 0.879. The predicted molar refractivity (Wildman–Crippen MR) is 85.6 cm³/mol. The third kappa shape index (κ3) is 2.72. The first-order chi connectivity index (χ1) is 10.2. The predicted octanol–water partition coefficient (Wildman–Crippen LogP) is 2.46. The van der Waals surface area contributed by atoms with Gasteiger partial charge in [0.25, 0.3) is 0 Å². The van der Waals surface area contributed by atoms with Crippen LogP contribution in [0.15, 0.2) is 30.3 Å². The Balaban J connectivity index is 2.18. The zero-order valence-electron chi connectivity index (χ0n) is 12.5. The van der Waals surface area contributed by atoms with Gasteiger partial charge in [-0.2, -0.15) is 0 Å². The first-order valence-electron chi connectivity index (χ1n) is 7.27. The molecule has 0 aliphatic carbocycles. The number of hydrogen-bond acceptors (Lipinski definition) is 4. The molecule has 2 aromatic rings. The Bertz CT molecular complexity index is 676. The first kappa shape index (κ1) is 13.9. The summed E-state index contributed by atoms with van der Waals surface area (Å²) in [4.78, 5) is 14.1. The normalized spacial score (nSPS) is 15.2. The van der Waals surface area contributed by atoms with Crippen LogP contribution in [0.1, 0.15) is 17.3 Å². The fourth-order valence-electron chi connectivity index (χ4n) is 2.81. The summed E-state index contributed by atoms with van der Waals surface area (Å²) in [6, 6.07) is 9.98. The van der Waals surface area contributed by atoms with E-state index in [2.05, 4.69) is 16.3 Å². The van der Waals surface area contributed by atoms with Gasteiger partial charge in [-0.3, -0.25) is 4.79 Å². The SMILES string of the molecule is COc1ccc2cc(C(C)=O)cc(N3CCNCC3)c2c1. The molecule has 110 valence electrons. The molecule has 0 atom stereocenters. The van der Waals surface area contributed by atoms with Crippen LogP contribution in [0.4, 0.5) is 5.69 Å². The molecule has 4 nitrogen and oxygen atoms in total.